The van der Waals surface area contributed by atoms with Gasteiger partial charge in [0.2, 0.25) is 0 Å². The molecule has 0 aliphatic carbocycles. The summed E-state index contributed by atoms with van der Waals surface area (Å²) in [6.45, 7) is 0.0993. The molecule has 0 saturated carbocycles. The number of aromatic nitrogens is 6. The molecule has 1 saturated heterocycles. The zero-order valence-electron chi connectivity index (χ0n) is 19.6. The number of rotatable bonds is 4. The standard InChI is InChI=1S/C23H17F3N8O4S/c24-23(25,26)13-9-10(3-5-28-13)34-6-4-14(31-34)33-7-8-38-17(22(33)37)16(35)20-29-12-2-1-11-18(39-32-19(11)27)15(12)21(36)30-20/h1-6,9,16-17,35H,7-8H2,(H2,27,32)(H,29,30,36)/t16?,17-/m1/s1. The fourth-order valence-corrected chi connectivity index (χ4v) is 5.17. The maximum atomic E-state index is 13.3. The highest BCUT2D eigenvalue weighted by Gasteiger charge is 2.39. The predicted octanol–water partition coefficient (Wildman–Crippen LogP) is 2.18. The topological polar surface area (TPSA) is 165 Å². The Balaban J connectivity index is 1.28. The van der Waals surface area contributed by atoms with Gasteiger partial charge in [-0.1, -0.05) is 0 Å². The lowest BCUT2D eigenvalue weighted by molar-refractivity contribution is -0.143. The minimum absolute atomic E-state index is 0.0202. The van der Waals surface area contributed by atoms with Crippen LogP contribution in [0.3, 0.4) is 0 Å². The van der Waals surface area contributed by atoms with Crippen molar-refractivity contribution < 1.29 is 27.8 Å². The fraction of sp³-hybridized carbons (Fsp3) is 0.217. The summed E-state index contributed by atoms with van der Waals surface area (Å²) >= 11 is 1.05. The van der Waals surface area contributed by atoms with Crippen LogP contribution in [0.25, 0.3) is 26.7 Å². The molecule has 1 unspecified atom stereocenters. The number of aliphatic hydroxyl groups excluding tert-OH is 1. The number of H-pyrrole nitrogens is 1. The Labute approximate surface area is 219 Å². The molecule has 2 atom stereocenters. The molecule has 16 heteroatoms. The number of nitrogens with zero attached hydrogens (tertiary/aromatic N) is 6. The number of carbonyl (C=O) groups is 1. The molecular formula is C23H17F3N8O4S. The van der Waals surface area contributed by atoms with Crippen LogP contribution in [0.1, 0.15) is 17.6 Å². The van der Waals surface area contributed by atoms with Gasteiger partial charge in [0.05, 0.1) is 34.4 Å². The number of pyridine rings is 1. The number of ether oxygens (including phenoxy) is 1. The summed E-state index contributed by atoms with van der Waals surface area (Å²) < 4.78 is 50.5. The molecule has 1 aliphatic heterocycles. The third-order valence-corrected chi connectivity index (χ3v) is 7.09. The van der Waals surface area contributed by atoms with Gasteiger partial charge in [-0.15, -0.1) is 5.10 Å². The van der Waals surface area contributed by atoms with Gasteiger partial charge in [0.25, 0.3) is 11.5 Å². The Morgan fingerprint density at radius 2 is 2.05 bits per heavy atom. The molecule has 5 heterocycles. The average molecular weight is 559 g/mol. The largest absolute Gasteiger partial charge is 0.433 e. The summed E-state index contributed by atoms with van der Waals surface area (Å²) in [6, 6.07) is 6.86. The molecule has 0 bridgehead atoms. The van der Waals surface area contributed by atoms with Gasteiger partial charge in [-0.05, 0) is 35.8 Å². The van der Waals surface area contributed by atoms with Gasteiger partial charge in [0, 0.05) is 23.8 Å². The summed E-state index contributed by atoms with van der Waals surface area (Å²) in [5.74, 6) is -0.422. The van der Waals surface area contributed by atoms with Gasteiger partial charge in [-0.25, -0.2) is 9.67 Å². The van der Waals surface area contributed by atoms with Crippen molar-refractivity contribution >= 4 is 50.1 Å². The lowest BCUT2D eigenvalue weighted by Crippen LogP contribution is -2.50. The van der Waals surface area contributed by atoms with E-state index in [1.165, 1.54) is 27.9 Å². The number of hydrogen-bond acceptors (Lipinski definition) is 10. The minimum Gasteiger partial charge on any atom is -0.382 e. The van der Waals surface area contributed by atoms with E-state index in [1.807, 2.05) is 0 Å². The second kappa shape index (κ2) is 9.11. The Morgan fingerprint density at radius 1 is 1.23 bits per heavy atom. The summed E-state index contributed by atoms with van der Waals surface area (Å²) in [6.07, 6.45) is -5.28. The van der Waals surface area contributed by atoms with E-state index in [-0.39, 0.29) is 47.2 Å². The number of morpholine rings is 1. The van der Waals surface area contributed by atoms with E-state index in [0.29, 0.717) is 10.1 Å². The van der Waals surface area contributed by atoms with Crippen LogP contribution in [0, 0.1) is 0 Å². The van der Waals surface area contributed by atoms with Gasteiger partial charge in [-0.3, -0.25) is 19.5 Å². The molecule has 1 fully saturated rings. The van der Waals surface area contributed by atoms with Crippen molar-refractivity contribution in [3.8, 4) is 5.69 Å². The van der Waals surface area contributed by atoms with Crippen LogP contribution in [-0.4, -0.2) is 59.4 Å². The third kappa shape index (κ3) is 4.27. The first-order chi connectivity index (χ1) is 18.6. The number of carbonyl (C=O) groups excluding carboxylic acids is 1. The number of aliphatic hydroxyl groups is 1. The first kappa shape index (κ1) is 24.9. The third-order valence-electron chi connectivity index (χ3n) is 6.20. The van der Waals surface area contributed by atoms with Crippen LogP contribution in [-0.2, 0) is 15.7 Å². The van der Waals surface area contributed by atoms with Gasteiger partial charge < -0.3 is 20.6 Å². The number of hydrogen-bond donors (Lipinski definition) is 3. The lowest BCUT2D eigenvalue weighted by Gasteiger charge is -2.32. The van der Waals surface area contributed by atoms with Gasteiger partial charge in [0.15, 0.2) is 11.9 Å². The van der Waals surface area contributed by atoms with E-state index in [1.54, 1.807) is 12.1 Å². The number of nitrogens with two attached hydrogens (primary N) is 1. The minimum atomic E-state index is -4.63. The number of nitrogen functional groups attached to an aromatic ring is 1. The summed E-state index contributed by atoms with van der Waals surface area (Å²) in [7, 11) is 0. The van der Waals surface area contributed by atoms with E-state index in [0.717, 1.165) is 23.8 Å². The molecule has 200 valence electrons. The Bertz CT molecular complexity index is 1800. The maximum Gasteiger partial charge on any atom is 0.433 e. The second-order valence-electron chi connectivity index (χ2n) is 8.60. The van der Waals surface area contributed by atoms with Gasteiger partial charge >= 0.3 is 6.18 Å². The van der Waals surface area contributed by atoms with E-state index in [9.17, 15) is 27.9 Å². The number of alkyl halides is 3. The molecule has 4 N–H and O–H groups in total. The molecule has 1 amide bonds. The van der Waals surface area contributed by atoms with E-state index < -0.39 is 35.5 Å². The lowest BCUT2D eigenvalue weighted by atomic mass is 10.1. The Hall–Kier alpha value is -4.41. The molecule has 6 rings (SSSR count). The van der Waals surface area contributed by atoms with E-state index in [4.69, 9.17) is 10.5 Å². The summed E-state index contributed by atoms with van der Waals surface area (Å²) in [5, 5.41) is 16.1. The quantitative estimate of drug-likeness (QED) is 0.300. The van der Waals surface area contributed by atoms with Crippen molar-refractivity contribution in [3.05, 3.63) is 64.6 Å². The zero-order valence-corrected chi connectivity index (χ0v) is 20.4. The van der Waals surface area contributed by atoms with Crippen molar-refractivity contribution in [1.82, 2.24) is 29.1 Å². The molecule has 39 heavy (non-hydrogen) atoms. The molecule has 5 aromatic rings. The SMILES string of the molecule is Nc1nsc2c1ccc1nc(C(O)[C@H]3OCCN(c4ccn(-c5ccnc(C(F)(F)F)c5)n4)C3=O)[nH]c(=O)c12. The number of nitrogens with one attached hydrogen (secondary N) is 1. The Kier molecular flexibility index (Phi) is 5.81. The van der Waals surface area contributed by atoms with Crippen molar-refractivity contribution in [2.45, 2.75) is 18.4 Å². The van der Waals surface area contributed by atoms with Crippen LogP contribution in [0.2, 0.25) is 0 Å². The Morgan fingerprint density at radius 3 is 2.85 bits per heavy atom. The van der Waals surface area contributed by atoms with Crippen molar-refractivity contribution in [2.24, 2.45) is 0 Å². The van der Waals surface area contributed by atoms with Crippen LogP contribution in [0.15, 0.2) is 47.5 Å². The molecule has 0 radical (unpaired) electrons. The molecular weight excluding hydrogens is 541 g/mol. The highest BCUT2D eigenvalue weighted by molar-refractivity contribution is 7.14. The smallest absolute Gasteiger partial charge is 0.382 e. The predicted molar refractivity (Wildman–Crippen MR) is 133 cm³/mol. The summed E-state index contributed by atoms with van der Waals surface area (Å²) in [5.41, 5.74) is 4.58. The molecule has 1 aliphatic rings. The number of benzene rings is 1. The van der Waals surface area contributed by atoms with Crippen LogP contribution in [0.5, 0.6) is 0 Å². The van der Waals surface area contributed by atoms with Crippen LogP contribution >= 0.6 is 11.5 Å². The average Bonchev–Trinajstić information content (AvgIpc) is 3.55. The number of aromatic amines is 1. The molecule has 1 aromatic carbocycles. The van der Waals surface area contributed by atoms with Crippen molar-refractivity contribution in [1.29, 1.82) is 0 Å². The number of anilines is 2. The van der Waals surface area contributed by atoms with Gasteiger partial charge in [0.1, 0.15) is 23.4 Å². The second-order valence-corrected chi connectivity index (χ2v) is 9.37. The summed E-state index contributed by atoms with van der Waals surface area (Å²) in [4.78, 5) is 37.6. The maximum absolute atomic E-state index is 13.3. The van der Waals surface area contributed by atoms with Crippen molar-refractivity contribution in [3.63, 3.8) is 0 Å². The number of halogens is 3. The normalized spacial score (nSPS) is 17.3. The molecule has 12 nitrogen and oxygen atoms in total. The highest BCUT2D eigenvalue weighted by atomic mass is 32.1. The number of amides is 1. The first-order valence-corrected chi connectivity index (χ1v) is 12.2. The molecule has 0 spiro atoms. The van der Waals surface area contributed by atoms with Crippen molar-refractivity contribution in [2.75, 3.05) is 23.8 Å². The van der Waals surface area contributed by atoms with E-state index >= 15 is 0 Å². The highest BCUT2D eigenvalue weighted by Crippen LogP contribution is 2.31. The molecule has 4 aromatic heterocycles. The van der Waals surface area contributed by atoms with Crippen LogP contribution in [0.4, 0.5) is 24.8 Å². The monoisotopic (exact) mass is 558 g/mol. The van der Waals surface area contributed by atoms with Crippen LogP contribution < -0.4 is 16.2 Å². The van der Waals surface area contributed by atoms with E-state index in [2.05, 4.69) is 24.4 Å². The zero-order chi connectivity index (χ0) is 27.5. The fourth-order valence-electron chi connectivity index (χ4n) is 4.32. The first-order valence-electron chi connectivity index (χ1n) is 11.4. The number of fused-ring (bicyclic) bond motifs is 3. The van der Waals surface area contributed by atoms with Gasteiger partial charge in [-0.2, -0.15) is 17.5 Å².